The van der Waals surface area contributed by atoms with Crippen LogP contribution in [0.15, 0.2) is 40.9 Å². The summed E-state index contributed by atoms with van der Waals surface area (Å²) >= 11 is 3.39. The van der Waals surface area contributed by atoms with Crippen LogP contribution in [0.2, 0.25) is 0 Å². The molecule has 2 aromatic carbocycles. The Kier molecular flexibility index (Phi) is 4.75. The maximum Gasteiger partial charge on any atom is 0.272 e. The molecular formula is C16H17BrN2O2. The lowest BCUT2D eigenvalue weighted by Crippen LogP contribution is -2.14. The van der Waals surface area contributed by atoms with Crippen molar-refractivity contribution in [2.24, 2.45) is 5.73 Å². The van der Waals surface area contributed by atoms with E-state index < -0.39 is 0 Å². The fourth-order valence-corrected chi connectivity index (χ4v) is 2.53. The van der Waals surface area contributed by atoms with Crippen LogP contribution >= 0.6 is 15.9 Å². The first-order valence-corrected chi connectivity index (χ1v) is 7.43. The van der Waals surface area contributed by atoms with Crippen LogP contribution < -0.4 is 5.73 Å². The predicted molar refractivity (Wildman–Crippen MR) is 87.3 cm³/mol. The number of nitro benzene ring substituents is 1. The number of halogens is 1. The summed E-state index contributed by atoms with van der Waals surface area (Å²) in [7, 11) is 0. The molecule has 0 amide bonds. The highest BCUT2D eigenvalue weighted by atomic mass is 79.9. The minimum atomic E-state index is -0.349. The highest BCUT2D eigenvalue weighted by molar-refractivity contribution is 9.10. The summed E-state index contributed by atoms with van der Waals surface area (Å²) in [5.41, 5.74) is 9.84. The molecule has 0 radical (unpaired) electrons. The van der Waals surface area contributed by atoms with Crippen LogP contribution in [0.5, 0.6) is 0 Å². The first-order chi connectivity index (χ1) is 9.88. The van der Waals surface area contributed by atoms with E-state index in [-0.39, 0.29) is 16.7 Å². The lowest BCUT2D eigenvalue weighted by molar-refractivity contribution is -0.385. The van der Waals surface area contributed by atoms with Crippen molar-refractivity contribution in [3.8, 4) is 0 Å². The van der Waals surface area contributed by atoms with Crippen LogP contribution in [-0.2, 0) is 6.42 Å². The van der Waals surface area contributed by atoms with E-state index in [1.165, 1.54) is 0 Å². The van der Waals surface area contributed by atoms with Gasteiger partial charge in [-0.15, -0.1) is 0 Å². The second-order valence-corrected chi connectivity index (χ2v) is 6.09. The first kappa shape index (κ1) is 15.7. The van der Waals surface area contributed by atoms with Crippen LogP contribution in [0.1, 0.15) is 28.3 Å². The Morgan fingerprint density at radius 1 is 1.24 bits per heavy atom. The highest BCUT2D eigenvalue weighted by Crippen LogP contribution is 2.27. The SMILES string of the molecule is Cc1cc(C(N)Cc2ccc(Br)cc2)cc([N+](=O)[O-])c1C. The third kappa shape index (κ3) is 3.68. The summed E-state index contributed by atoms with van der Waals surface area (Å²) in [6.45, 7) is 3.63. The molecule has 0 aromatic heterocycles. The van der Waals surface area contributed by atoms with Gasteiger partial charge in [-0.1, -0.05) is 34.1 Å². The highest BCUT2D eigenvalue weighted by Gasteiger charge is 2.17. The van der Waals surface area contributed by atoms with Gasteiger partial charge in [0.15, 0.2) is 0 Å². The topological polar surface area (TPSA) is 69.2 Å². The summed E-state index contributed by atoms with van der Waals surface area (Å²) in [5.74, 6) is 0. The zero-order valence-corrected chi connectivity index (χ0v) is 13.6. The van der Waals surface area contributed by atoms with Crippen LogP contribution in [0, 0.1) is 24.0 Å². The zero-order valence-electron chi connectivity index (χ0n) is 12.0. The van der Waals surface area contributed by atoms with E-state index in [1.807, 2.05) is 37.3 Å². The molecule has 0 spiro atoms. The Morgan fingerprint density at radius 2 is 1.86 bits per heavy atom. The van der Waals surface area contributed by atoms with Crippen molar-refractivity contribution < 1.29 is 4.92 Å². The second-order valence-electron chi connectivity index (χ2n) is 5.18. The van der Waals surface area contributed by atoms with Crippen LogP contribution in [0.25, 0.3) is 0 Å². The number of rotatable bonds is 4. The number of hydrogen-bond acceptors (Lipinski definition) is 3. The Balaban J connectivity index is 2.28. The van der Waals surface area contributed by atoms with Crippen molar-refractivity contribution in [1.82, 2.24) is 0 Å². The molecule has 110 valence electrons. The largest absolute Gasteiger partial charge is 0.324 e. The summed E-state index contributed by atoms with van der Waals surface area (Å²) in [5, 5.41) is 11.1. The molecule has 0 saturated carbocycles. The molecule has 0 heterocycles. The molecule has 2 N–H and O–H groups in total. The monoisotopic (exact) mass is 348 g/mol. The fourth-order valence-electron chi connectivity index (χ4n) is 2.26. The number of nitro groups is 1. The van der Waals surface area contributed by atoms with E-state index >= 15 is 0 Å². The number of aryl methyl sites for hydroxylation is 1. The van der Waals surface area contributed by atoms with E-state index in [9.17, 15) is 10.1 Å². The Labute approximate surface area is 132 Å². The first-order valence-electron chi connectivity index (χ1n) is 6.64. The predicted octanol–water partition coefficient (Wildman–Crippen LogP) is 4.22. The summed E-state index contributed by atoms with van der Waals surface area (Å²) in [6, 6.07) is 11.2. The molecule has 0 saturated heterocycles. The summed E-state index contributed by atoms with van der Waals surface area (Å²) in [4.78, 5) is 10.8. The van der Waals surface area contributed by atoms with Gasteiger partial charge in [-0.25, -0.2) is 0 Å². The standard InChI is InChI=1S/C16H17BrN2O2/c1-10-7-13(9-16(11(10)2)19(20)21)15(18)8-12-3-5-14(17)6-4-12/h3-7,9,15H,8,18H2,1-2H3. The van der Waals surface area contributed by atoms with Gasteiger partial charge in [-0.05, 0) is 49.1 Å². The van der Waals surface area contributed by atoms with Crippen LogP contribution in [0.4, 0.5) is 5.69 Å². The average Bonchev–Trinajstić information content (AvgIpc) is 2.43. The summed E-state index contributed by atoms with van der Waals surface area (Å²) in [6.07, 6.45) is 0.646. The van der Waals surface area contributed by atoms with Gasteiger partial charge >= 0.3 is 0 Å². The van der Waals surface area contributed by atoms with Gasteiger partial charge in [0.25, 0.3) is 5.69 Å². The smallest absolute Gasteiger partial charge is 0.272 e. The van der Waals surface area contributed by atoms with E-state index in [0.29, 0.717) is 12.0 Å². The third-order valence-corrected chi connectivity index (χ3v) is 4.18. The lowest BCUT2D eigenvalue weighted by Gasteiger charge is -2.14. The Hall–Kier alpha value is -1.72. The van der Waals surface area contributed by atoms with Crippen molar-refractivity contribution in [3.05, 3.63) is 73.2 Å². The van der Waals surface area contributed by atoms with E-state index in [1.54, 1.807) is 13.0 Å². The van der Waals surface area contributed by atoms with Crippen molar-refractivity contribution in [3.63, 3.8) is 0 Å². The lowest BCUT2D eigenvalue weighted by atomic mass is 9.95. The Morgan fingerprint density at radius 3 is 2.43 bits per heavy atom. The second kappa shape index (κ2) is 6.37. The molecule has 1 unspecified atom stereocenters. The van der Waals surface area contributed by atoms with Crippen LogP contribution in [0.3, 0.4) is 0 Å². The maximum absolute atomic E-state index is 11.1. The molecule has 2 aromatic rings. The molecule has 0 aliphatic heterocycles. The molecule has 1 atom stereocenters. The van der Waals surface area contributed by atoms with Crippen molar-refractivity contribution in [1.29, 1.82) is 0 Å². The quantitative estimate of drug-likeness (QED) is 0.664. The van der Waals surface area contributed by atoms with Gasteiger partial charge in [-0.2, -0.15) is 0 Å². The normalized spacial score (nSPS) is 12.2. The molecule has 0 fully saturated rings. The van der Waals surface area contributed by atoms with E-state index in [4.69, 9.17) is 5.73 Å². The third-order valence-electron chi connectivity index (χ3n) is 3.66. The van der Waals surface area contributed by atoms with Gasteiger partial charge in [0.2, 0.25) is 0 Å². The maximum atomic E-state index is 11.1. The minimum Gasteiger partial charge on any atom is -0.324 e. The average molecular weight is 349 g/mol. The fraction of sp³-hybridized carbons (Fsp3) is 0.250. The number of nitrogens with zero attached hydrogens (tertiary/aromatic N) is 1. The number of nitrogens with two attached hydrogens (primary N) is 1. The van der Waals surface area contributed by atoms with Crippen molar-refractivity contribution >= 4 is 21.6 Å². The van der Waals surface area contributed by atoms with E-state index in [2.05, 4.69) is 15.9 Å². The molecular weight excluding hydrogens is 332 g/mol. The number of benzene rings is 2. The molecule has 5 heteroatoms. The van der Waals surface area contributed by atoms with Crippen molar-refractivity contribution in [2.45, 2.75) is 26.3 Å². The molecule has 21 heavy (non-hydrogen) atoms. The molecule has 0 bridgehead atoms. The van der Waals surface area contributed by atoms with Gasteiger partial charge in [0.1, 0.15) is 0 Å². The van der Waals surface area contributed by atoms with Crippen molar-refractivity contribution in [2.75, 3.05) is 0 Å². The zero-order chi connectivity index (χ0) is 15.6. The summed E-state index contributed by atoms with van der Waals surface area (Å²) < 4.78 is 1.02. The molecule has 0 aliphatic carbocycles. The molecule has 2 rings (SSSR count). The van der Waals surface area contributed by atoms with Gasteiger partial charge in [0.05, 0.1) is 4.92 Å². The molecule has 4 nitrogen and oxygen atoms in total. The Bertz CT molecular complexity index is 669. The van der Waals surface area contributed by atoms with Gasteiger partial charge in [-0.3, -0.25) is 10.1 Å². The van der Waals surface area contributed by atoms with Crippen LogP contribution in [-0.4, -0.2) is 4.92 Å². The number of hydrogen-bond donors (Lipinski definition) is 1. The van der Waals surface area contributed by atoms with E-state index in [0.717, 1.165) is 21.2 Å². The molecule has 0 aliphatic rings. The van der Waals surface area contributed by atoms with Gasteiger partial charge < -0.3 is 5.73 Å². The van der Waals surface area contributed by atoms with Gasteiger partial charge in [0, 0.05) is 22.1 Å². The minimum absolute atomic E-state index is 0.135.